The summed E-state index contributed by atoms with van der Waals surface area (Å²) in [5, 5.41) is 9.91. The first-order valence-electron chi connectivity index (χ1n) is 8.48. The van der Waals surface area contributed by atoms with E-state index in [2.05, 4.69) is 54.5 Å². The van der Waals surface area contributed by atoms with E-state index in [-0.39, 0.29) is 12.5 Å². The molecular formula is C18H26N4OS. The number of aromatic nitrogens is 3. The summed E-state index contributed by atoms with van der Waals surface area (Å²) >= 11 is 5.19. The normalized spacial score (nSPS) is 10.8. The second-order valence-corrected chi connectivity index (χ2v) is 6.55. The molecule has 2 rings (SSSR count). The Hall–Kier alpha value is -1.95. The molecule has 130 valence electrons. The quantitative estimate of drug-likeness (QED) is 0.570. The predicted octanol–water partition coefficient (Wildman–Crippen LogP) is 3.26. The van der Waals surface area contributed by atoms with Crippen molar-refractivity contribution in [1.29, 1.82) is 0 Å². The number of nitrogens with one attached hydrogen (secondary N) is 2. The maximum absolute atomic E-state index is 12.1. The molecule has 0 saturated carbocycles. The predicted molar refractivity (Wildman–Crippen MR) is 98.7 cm³/mol. The fraction of sp³-hybridized carbons (Fsp3) is 0.500. The zero-order valence-corrected chi connectivity index (χ0v) is 15.5. The summed E-state index contributed by atoms with van der Waals surface area (Å²) < 4.78 is 2.28. The van der Waals surface area contributed by atoms with Crippen LogP contribution >= 0.6 is 12.2 Å². The summed E-state index contributed by atoms with van der Waals surface area (Å²) in [5.74, 6) is 0.818. The summed E-state index contributed by atoms with van der Waals surface area (Å²) in [6, 6.07) is 6.51. The zero-order valence-electron chi connectivity index (χ0n) is 14.7. The number of nitrogens with zero attached hydrogens (tertiary/aromatic N) is 2. The number of aromatic amines is 1. The van der Waals surface area contributed by atoms with Gasteiger partial charge >= 0.3 is 0 Å². The van der Waals surface area contributed by atoms with Crippen LogP contribution in [0.3, 0.4) is 0 Å². The Morgan fingerprint density at radius 1 is 1.33 bits per heavy atom. The number of hydrogen-bond acceptors (Lipinski definition) is 3. The topological polar surface area (TPSA) is 62.7 Å². The third-order valence-electron chi connectivity index (χ3n) is 4.06. The van der Waals surface area contributed by atoms with Gasteiger partial charge in [0.15, 0.2) is 4.77 Å². The van der Waals surface area contributed by atoms with Crippen LogP contribution in [0.5, 0.6) is 0 Å². The number of H-pyrrole nitrogens is 1. The first kappa shape index (κ1) is 18.4. The highest BCUT2D eigenvalue weighted by Crippen LogP contribution is 2.12. The Kier molecular flexibility index (Phi) is 6.73. The van der Waals surface area contributed by atoms with Gasteiger partial charge in [0.2, 0.25) is 5.91 Å². The van der Waals surface area contributed by atoms with E-state index in [0.29, 0.717) is 11.3 Å². The Bertz CT molecular complexity index is 748. The average Bonchev–Trinajstić information content (AvgIpc) is 2.87. The van der Waals surface area contributed by atoms with Crippen molar-refractivity contribution in [3.8, 4) is 0 Å². The minimum absolute atomic E-state index is 0.0227. The van der Waals surface area contributed by atoms with Crippen LogP contribution in [0.4, 0.5) is 0 Å². The second kappa shape index (κ2) is 8.78. The highest BCUT2D eigenvalue weighted by Gasteiger charge is 2.09. The smallest absolute Gasteiger partial charge is 0.240 e. The molecule has 24 heavy (non-hydrogen) atoms. The minimum Gasteiger partial charge on any atom is -0.355 e. The molecule has 1 heterocycles. The number of rotatable bonds is 8. The van der Waals surface area contributed by atoms with Gasteiger partial charge in [-0.3, -0.25) is 14.5 Å². The molecule has 1 aromatic carbocycles. The molecule has 2 N–H and O–H groups in total. The number of amides is 1. The third kappa shape index (κ3) is 5.03. The molecule has 0 radical (unpaired) electrons. The molecular weight excluding hydrogens is 320 g/mol. The van der Waals surface area contributed by atoms with Gasteiger partial charge < -0.3 is 5.32 Å². The third-order valence-corrected chi connectivity index (χ3v) is 4.37. The van der Waals surface area contributed by atoms with Crippen LogP contribution in [-0.2, 0) is 24.2 Å². The molecule has 0 bridgehead atoms. The van der Waals surface area contributed by atoms with E-state index in [1.54, 1.807) is 4.57 Å². The van der Waals surface area contributed by atoms with Crippen molar-refractivity contribution in [2.45, 2.75) is 53.0 Å². The largest absolute Gasteiger partial charge is 0.355 e. The van der Waals surface area contributed by atoms with E-state index >= 15 is 0 Å². The molecule has 1 aromatic heterocycles. The van der Waals surface area contributed by atoms with Crippen molar-refractivity contribution in [1.82, 2.24) is 20.1 Å². The van der Waals surface area contributed by atoms with Crippen molar-refractivity contribution in [2.75, 3.05) is 6.54 Å². The lowest BCUT2D eigenvalue weighted by Crippen LogP contribution is -2.29. The van der Waals surface area contributed by atoms with Gasteiger partial charge in [-0.2, -0.15) is 5.10 Å². The van der Waals surface area contributed by atoms with Crippen LogP contribution in [-0.4, -0.2) is 27.2 Å². The van der Waals surface area contributed by atoms with Crippen LogP contribution in [0.1, 0.15) is 42.3 Å². The van der Waals surface area contributed by atoms with Crippen LogP contribution in [0.25, 0.3) is 0 Å². The fourth-order valence-corrected chi connectivity index (χ4v) is 2.98. The maximum Gasteiger partial charge on any atom is 0.240 e. The lowest BCUT2D eigenvalue weighted by atomic mass is 10.0. The Balaban J connectivity index is 1.79. The highest BCUT2D eigenvalue weighted by atomic mass is 32.1. The number of carbonyl (C=O) groups excluding carboxylic acids is 1. The zero-order chi connectivity index (χ0) is 17.5. The number of benzene rings is 1. The maximum atomic E-state index is 12.1. The number of aryl methyl sites for hydroxylation is 4. The molecule has 6 heteroatoms. The van der Waals surface area contributed by atoms with E-state index in [4.69, 9.17) is 12.2 Å². The van der Waals surface area contributed by atoms with Gasteiger partial charge in [0.1, 0.15) is 12.4 Å². The SMILES string of the molecule is CCCc1n[nH]c(=S)n1CC(=O)NCCCc1ccc(C)cc1C. The van der Waals surface area contributed by atoms with Gasteiger partial charge in [-0.25, -0.2) is 0 Å². The minimum atomic E-state index is -0.0227. The van der Waals surface area contributed by atoms with Crippen molar-refractivity contribution in [3.05, 3.63) is 45.5 Å². The van der Waals surface area contributed by atoms with Gasteiger partial charge in [-0.15, -0.1) is 0 Å². The number of carbonyl (C=O) groups is 1. The summed E-state index contributed by atoms with van der Waals surface area (Å²) in [5.41, 5.74) is 3.94. The summed E-state index contributed by atoms with van der Waals surface area (Å²) in [6.07, 6.45) is 3.68. The first-order valence-corrected chi connectivity index (χ1v) is 8.89. The van der Waals surface area contributed by atoms with Crippen molar-refractivity contribution >= 4 is 18.1 Å². The summed E-state index contributed by atoms with van der Waals surface area (Å²) in [6.45, 7) is 7.21. The lowest BCUT2D eigenvalue weighted by Gasteiger charge is -2.09. The summed E-state index contributed by atoms with van der Waals surface area (Å²) in [7, 11) is 0. The molecule has 0 spiro atoms. The van der Waals surface area contributed by atoms with Crippen molar-refractivity contribution < 1.29 is 4.79 Å². The molecule has 0 aliphatic heterocycles. The van der Waals surface area contributed by atoms with Crippen molar-refractivity contribution in [3.63, 3.8) is 0 Å². The van der Waals surface area contributed by atoms with Gasteiger partial charge in [0.25, 0.3) is 0 Å². The molecule has 0 saturated heterocycles. The fourth-order valence-electron chi connectivity index (χ4n) is 2.76. The second-order valence-electron chi connectivity index (χ2n) is 6.16. The lowest BCUT2D eigenvalue weighted by molar-refractivity contribution is -0.121. The standard InChI is InChI=1S/C18H26N4OS/c1-4-6-16-20-21-18(24)22(16)12-17(23)19-10-5-7-15-9-8-13(2)11-14(15)3/h8-9,11H,4-7,10,12H2,1-3H3,(H,19,23)(H,21,24). The molecule has 0 unspecified atom stereocenters. The summed E-state index contributed by atoms with van der Waals surface area (Å²) in [4.78, 5) is 12.1. The van der Waals surface area contributed by atoms with E-state index in [1.807, 2.05) is 0 Å². The van der Waals surface area contributed by atoms with Gasteiger partial charge in [-0.05, 0) is 56.5 Å². The molecule has 5 nitrogen and oxygen atoms in total. The van der Waals surface area contributed by atoms with E-state index in [0.717, 1.165) is 31.5 Å². The van der Waals surface area contributed by atoms with Gasteiger partial charge in [-0.1, -0.05) is 30.7 Å². The average molecular weight is 347 g/mol. The van der Waals surface area contributed by atoms with E-state index in [1.165, 1.54) is 16.7 Å². The van der Waals surface area contributed by atoms with Crippen LogP contribution < -0.4 is 5.32 Å². The number of hydrogen-bond donors (Lipinski definition) is 2. The van der Waals surface area contributed by atoms with Crippen molar-refractivity contribution in [2.24, 2.45) is 0 Å². The Morgan fingerprint density at radius 2 is 2.12 bits per heavy atom. The Labute approximate surface area is 148 Å². The van der Waals surface area contributed by atoms with Crippen LogP contribution in [0.15, 0.2) is 18.2 Å². The molecule has 0 aliphatic carbocycles. The first-order chi connectivity index (χ1) is 11.5. The van der Waals surface area contributed by atoms with E-state index in [9.17, 15) is 4.79 Å². The molecule has 0 atom stereocenters. The molecule has 0 fully saturated rings. The molecule has 2 aromatic rings. The monoisotopic (exact) mass is 346 g/mol. The van der Waals surface area contributed by atoms with Gasteiger partial charge in [0.05, 0.1) is 0 Å². The molecule has 1 amide bonds. The molecule has 0 aliphatic rings. The highest BCUT2D eigenvalue weighted by molar-refractivity contribution is 7.71. The van der Waals surface area contributed by atoms with Crippen LogP contribution in [0.2, 0.25) is 0 Å². The Morgan fingerprint density at radius 3 is 2.83 bits per heavy atom. The van der Waals surface area contributed by atoms with Gasteiger partial charge in [0, 0.05) is 13.0 Å². The van der Waals surface area contributed by atoms with Crippen LogP contribution in [0, 0.1) is 18.6 Å². The van der Waals surface area contributed by atoms with E-state index < -0.39 is 0 Å².